The molecule has 0 atom stereocenters. The zero-order valence-electron chi connectivity index (χ0n) is 10.4. The molecule has 96 valence electrons. The number of nitrogens with zero attached hydrogens (tertiary/aromatic N) is 3. The van der Waals surface area contributed by atoms with E-state index in [1.165, 1.54) is 0 Å². The number of thiazole rings is 1. The minimum atomic E-state index is 0.676. The highest BCUT2D eigenvalue weighted by molar-refractivity contribution is 7.07. The lowest BCUT2D eigenvalue weighted by Gasteiger charge is -2.07. The molecule has 0 aromatic carbocycles. The third-order valence-electron chi connectivity index (χ3n) is 2.36. The van der Waals surface area contributed by atoms with Gasteiger partial charge in [0, 0.05) is 31.1 Å². The maximum Gasteiger partial charge on any atom is 0.224 e. The SMILES string of the molecule is CCCNc1nccc(NCCc2cscn2)n1. The molecular weight excluding hydrogens is 246 g/mol. The van der Waals surface area contributed by atoms with Crippen LogP contribution in [0.5, 0.6) is 0 Å². The molecule has 6 heteroatoms. The van der Waals surface area contributed by atoms with E-state index in [1.54, 1.807) is 17.5 Å². The van der Waals surface area contributed by atoms with Gasteiger partial charge in [0.1, 0.15) is 5.82 Å². The summed E-state index contributed by atoms with van der Waals surface area (Å²) in [6.07, 6.45) is 3.73. The standard InChI is InChI=1S/C12H17N5S/c1-2-5-14-12-15-7-4-11(17-12)13-6-3-10-8-18-9-16-10/h4,7-9H,2-3,5-6H2,1H3,(H2,13,14,15,17). The van der Waals surface area contributed by atoms with Crippen molar-refractivity contribution in [2.45, 2.75) is 19.8 Å². The van der Waals surface area contributed by atoms with Crippen LogP contribution < -0.4 is 10.6 Å². The number of hydrogen-bond acceptors (Lipinski definition) is 6. The Kier molecular flexibility index (Phi) is 4.89. The molecule has 0 fully saturated rings. The summed E-state index contributed by atoms with van der Waals surface area (Å²) in [5.74, 6) is 1.52. The molecule has 0 saturated carbocycles. The van der Waals surface area contributed by atoms with Crippen LogP contribution in [0.1, 0.15) is 19.0 Å². The first-order chi connectivity index (χ1) is 8.88. The molecule has 0 bridgehead atoms. The minimum absolute atomic E-state index is 0.676. The van der Waals surface area contributed by atoms with Crippen molar-refractivity contribution in [3.63, 3.8) is 0 Å². The third-order valence-corrected chi connectivity index (χ3v) is 2.99. The van der Waals surface area contributed by atoms with Crippen molar-refractivity contribution >= 4 is 23.1 Å². The van der Waals surface area contributed by atoms with Gasteiger partial charge in [0.05, 0.1) is 11.2 Å². The van der Waals surface area contributed by atoms with E-state index in [4.69, 9.17) is 0 Å². The largest absolute Gasteiger partial charge is 0.370 e. The highest BCUT2D eigenvalue weighted by atomic mass is 32.1. The van der Waals surface area contributed by atoms with Crippen molar-refractivity contribution in [1.82, 2.24) is 15.0 Å². The average molecular weight is 263 g/mol. The van der Waals surface area contributed by atoms with Crippen LogP contribution in [0.3, 0.4) is 0 Å². The summed E-state index contributed by atoms with van der Waals surface area (Å²) >= 11 is 1.62. The Morgan fingerprint density at radius 1 is 1.22 bits per heavy atom. The fraction of sp³-hybridized carbons (Fsp3) is 0.417. The normalized spacial score (nSPS) is 10.3. The van der Waals surface area contributed by atoms with Gasteiger partial charge in [0.15, 0.2) is 0 Å². The number of aromatic nitrogens is 3. The summed E-state index contributed by atoms with van der Waals surface area (Å²) in [4.78, 5) is 12.8. The molecule has 0 aliphatic rings. The van der Waals surface area contributed by atoms with E-state index < -0.39 is 0 Å². The summed E-state index contributed by atoms with van der Waals surface area (Å²) < 4.78 is 0. The predicted molar refractivity (Wildman–Crippen MR) is 75.1 cm³/mol. The quantitative estimate of drug-likeness (QED) is 0.803. The van der Waals surface area contributed by atoms with Crippen molar-refractivity contribution in [3.05, 3.63) is 28.8 Å². The van der Waals surface area contributed by atoms with Crippen LogP contribution >= 0.6 is 11.3 Å². The molecule has 2 aromatic rings. The van der Waals surface area contributed by atoms with Gasteiger partial charge in [0.2, 0.25) is 5.95 Å². The highest BCUT2D eigenvalue weighted by Crippen LogP contribution is 2.07. The van der Waals surface area contributed by atoms with Gasteiger partial charge in [-0.3, -0.25) is 0 Å². The Balaban J connectivity index is 1.81. The van der Waals surface area contributed by atoms with Gasteiger partial charge < -0.3 is 10.6 Å². The first kappa shape index (κ1) is 12.8. The molecule has 0 aliphatic heterocycles. The second-order valence-corrected chi connectivity index (χ2v) is 4.57. The minimum Gasteiger partial charge on any atom is -0.370 e. The van der Waals surface area contributed by atoms with E-state index >= 15 is 0 Å². The zero-order chi connectivity index (χ0) is 12.6. The van der Waals surface area contributed by atoms with Gasteiger partial charge in [0.25, 0.3) is 0 Å². The van der Waals surface area contributed by atoms with Crippen molar-refractivity contribution in [2.75, 3.05) is 23.7 Å². The monoisotopic (exact) mass is 263 g/mol. The topological polar surface area (TPSA) is 62.7 Å². The van der Waals surface area contributed by atoms with Crippen LogP contribution in [0, 0.1) is 0 Å². The lowest BCUT2D eigenvalue weighted by Crippen LogP contribution is -2.09. The number of nitrogens with one attached hydrogen (secondary N) is 2. The Morgan fingerprint density at radius 2 is 2.17 bits per heavy atom. The maximum absolute atomic E-state index is 4.38. The van der Waals surface area contributed by atoms with Gasteiger partial charge in [-0.2, -0.15) is 4.98 Å². The lowest BCUT2D eigenvalue weighted by molar-refractivity contribution is 0.941. The summed E-state index contributed by atoms with van der Waals surface area (Å²) in [5.41, 5.74) is 2.97. The van der Waals surface area contributed by atoms with Crippen LogP contribution in [0.15, 0.2) is 23.2 Å². The van der Waals surface area contributed by atoms with Gasteiger partial charge in [-0.15, -0.1) is 11.3 Å². The fourth-order valence-corrected chi connectivity index (χ4v) is 2.05. The van der Waals surface area contributed by atoms with E-state index in [9.17, 15) is 0 Å². The van der Waals surface area contributed by atoms with Crippen LogP contribution in [-0.4, -0.2) is 28.0 Å². The van der Waals surface area contributed by atoms with Gasteiger partial charge >= 0.3 is 0 Å². The molecule has 0 amide bonds. The fourth-order valence-electron chi connectivity index (χ4n) is 1.46. The molecule has 2 rings (SSSR count). The average Bonchev–Trinajstić information content (AvgIpc) is 2.90. The van der Waals surface area contributed by atoms with E-state index in [1.807, 2.05) is 11.6 Å². The molecule has 0 aliphatic carbocycles. The van der Waals surface area contributed by atoms with Crippen molar-refractivity contribution in [2.24, 2.45) is 0 Å². The van der Waals surface area contributed by atoms with Crippen LogP contribution in [0.2, 0.25) is 0 Å². The van der Waals surface area contributed by atoms with Crippen molar-refractivity contribution in [3.8, 4) is 0 Å². The Bertz CT molecular complexity index is 457. The maximum atomic E-state index is 4.38. The van der Waals surface area contributed by atoms with E-state index in [0.717, 1.165) is 37.4 Å². The molecule has 2 N–H and O–H groups in total. The molecule has 0 radical (unpaired) electrons. The zero-order valence-corrected chi connectivity index (χ0v) is 11.2. The smallest absolute Gasteiger partial charge is 0.224 e. The molecule has 0 unspecified atom stereocenters. The van der Waals surface area contributed by atoms with E-state index in [0.29, 0.717) is 5.95 Å². The van der Waals surface area contributed by atoms with Crippen molar-refractivity contribution in [1.29, 1.82) is 0 Å². The van der Waals surface area contributed by atoms with Crippen LogP contribution in [0.25, 0.3) is 0 Å². The Labute approximate surface area is 111 Å². The van der Waals surface area contributed by atoms with Gasteiger partial charge in [-0.25, -0.2) is 9.97 Å². The molecule has 2 heterocycles. The predicted octanol–water partition coefficient (Wildman–Crippen LogP) is 2.41. The summed E-state index contributed by atoms with van der Waals surface area (Å²) in [5, 5.41) is 8.50. The summed E-state index contributed by atoms with van der Waals surface area (Å²) in [6, 6.07) is 1.87. The van der Waals surface area contributed by atoms with Crippen LogP contribution in [0.4, 0.5) is 11.8 Å². The molecule has 0 spiro atoms. The highest BCUT2D eigenvalue weighted by Gasteiger charge is 1.99. The Hall–Kier alpha value is -1.69. The number of rotatable bonds is 7. The number of hydrogen-bond donors (Lipinski definition) is 2. The lowest BCUT2D eigenvalue weighted by atomic mass is 10.3. The van der Waals surface area contributed by atoms with E-state index in [-0.39, 0.29) is 0 Å². The second kappa shape index (κ2) is 6.90. The van der Waals surface area contributed by atoms with Gasteiger partial charge in [-0.05, 0) is 12.5 Å². The second-order valence-electron chi connectivity index (χ2n) is 3.85. The summed E-state index contributed by atoms with van der Waals surface area (Å²) in [6.45, 7) is 3.83. The third kappa shape index (κ3) is 3.96. The van der Waals surface area contributed by atoms with Crippen LogP contribution in [-0.2, 0) is 6.42 Å². The summed E-state index contributed by atoms with van der Waals surface area (Å²) in [7, 11) is 0. The first-order valence-electron chi connectivity index (χ1n) is 6.06. The first-order valence-corrected chi connectivity index (χ1v) is 7.00. The molecule has 18 heavy (non-hydrogen) atoms. The van der Waals surface area contributed by atoms with Gasteiger partial charge in [-0.1, -0.05) is 6.92 Å². The Morgan fingerprint density at radius 3 is 2.94 bits per heavy atom. The molecule has 0 saturated heterocycles. The number of anilines is 2. The molecule has 2 aromatic heterocycles. The van der Waals surface area contributed by atoms with Crippen molar-refractivity contribution < 1.29 is 0 Å². The molecule has 5 nitrogen and oxygen atoms in total. The molecular formula is C12H17N5S. The van der Waals surface area contributed by atoms with E-state index in [2.05, 4.69) is 37.9 Å².